The van der Waals surface area contributed by atoms with Crippen molar-refractivity contribution in [1.29, 1.82) is 0 Å². The zero-order valence-corrected chi connectivity index (χ0v) is 28.5. The van der Waals surface area contributed by atoms with Crippen molar-refractivity contribution in [3.8, 4) is 0 Å². The van der Waals surface area contributed by atoms with E-state index in [2.05, 4.69) is 74.0 Å². The number of pyridine rings is 1. The van der Waals surface area contributed by atoms with E-state index in [0.29, 0.717) is 18.6 Å². The molecule has 3 aliphatic rings. The number of nitrogens with one attached hydrogen (secondary N) is 3. The summed E-state index contributed by atoms with van der Waals surface area (Å²) < 4.78 is 6.40. The number of hydrogen-bond donors (Lipinski definition) is 3. The van der Waals surface area contributed by atoms with Crippen LogP contribution in [0.5, 0.6) is 0 Å². The van der Waals surface area contributed by atoms with E-state index < -0.39 is 0 Å². The topological polar surface area (TPSA) is 90.9 Å². The summed E-state index contributed by atoms with van der Waals surface area (Å²) >= 11 is 0. The summed E-state index contributed by atoms with van der Waals surface area (Å²) in [6.07, 6.45) is 13.7. The Morgan fingerprint density at radius 3 is 2.51 bits per heavy atom. The van der Waals surface area contributed by atoms with Gasteiger partial charge in [-0.2, -0.15) is 0 Å². The number of aromatic nitrogens is 1. The minimum atomic E-state index is 0.0371. The number of benzene rings is 1. The fraction of sp³-hybridized carbons (Fsp3) is 0.649. The molecule has 1 spiro atoms. The van der Waals surface area contributed by atoms with Gasteiger partial charge in [0.25, 0.3) is 0 Å². The zero-order valence-electron chi connectivity index (χ0n) is 28.5. The molecular formula is C37H58N6O2. The molecule has 2 saturated heterocycles. The molecule has 3 fully saturated rings. The molecule has 1 aliphatic carbocycles. The van der Waals surface area contributed by atoms with Crippen LogP contribution in [0, 0.1) is 6.92 Å². The molecule has 3 heterocycles. The minimum Gasteiger partial charge on any atom is -0.385 e. The van der Waals surface area contributed by atoms with Crippen LogP contribution in [0.15, 0.2) is 47.6 Å². The van der Waals surface area contributed by atoms with E-state index in [9.17, 15) is 4.79 Å². The smallest absolute Gasteiger partial charge is 0.215 e. The summed E-state index contributed by atoms with van der Waals surface area (Å²) in [6.45, 7) is 15.2. The second kappa shape index (κ2) is 17.2. The Morgan fingerprint density at radius 2 is 1.91 bits per heavy atom. The number of rotatable bonds is 11. The average molecular weight is 619 g/mol. The fourth-order valence-electron chi connectivity index (χ4n) is 7.31. The lowest BCUT2D eigenvalue weighted by atomic mass is 9.68. The van der Waals surface area contributed by atoms with E-state index in [1.54, 1.807) is 4.90 Å². The van der Waals surface area contributed by atoms with E-state index in [0.717, 1.165) is 94.0 Å². The van der Waals surface area contributed by atoms with Crippen molar-refractivity contribution in [2.45, 2.75) is 122 Å². The van der Waals surface area contributed by atoms with Crippen LogP contribution in [-0.4, -0.2) is 72.6 Å². The molecule has 2 aliphatic heterocycles. The van der Waals surface area contributed by atoms with Gasteiger partial charge in [-0.25, -0.2) is 4.99 Å². The number of nitrogens with zero attached hydrogens (tertiary/aromatic N) is 3. The quantitative estimate of drug-likeness (QED) is 0.144. The third-order valence-electron chi connectivity index (χ3n) is 9.77. The number of amidine groups is 1. The summed E-state index contributed by atoms with van der Waals surface area (Å²) in [5.74, 6) is 0.848. The molecule has 0 bridgehead atoms. The van der Waals surface area contributed by atoms with Crippen LogP contribution in [0.1, 0.15) is 103 Å². The highest BCUT2D eigenvalue weighted by Crippen LogP contribution is 2.49. The van der Waals surface area contributed by atoms with E-state index in [-0.39, 0.29) is 11.0 Å². The highest BCUT2D eigenvalue weighted by molar-refractivity contribution is 5.92. The van der Waals surface area contributed by atoms with Crippen LogP contribution in [0.4, 0.5) is 11.4 Å². The molecule has 1 aromatic heterocycles. The molecule has 1 aromatic carbocycles. The summed E-state index contributed by atoms with van der Waals surface area (Å²) in [5.41, 5.74) is 4.43. The number of unbranched alkanes of at least 4 members (excludes halogenated alkanes) is 1. The Balaban J connectivity index is 0.000000501. The molecule has 0 radical (unpaired) electrons. The molecule has 3 atom stereocenters. The Morgan fingerprint density at radius 1 is 1.13 bits per heavy atom. The summed E-state index contributed by atoms with van der Waals surface area (Å²) in [7, 11) is 0. The number of anilines is 1. The van der Waals surface area contributed by atoms with E-state index >= 15 is 0 Å². The zero-order chi connectivity index (χ0) is 32.1. The van der Waals surface area contributed by atoms with Crippen molar-refractivity contribution in [3.05, 3.63) is 53.9 Å². The van der Waals surface area contributed by atoms with E-state index in [1.165, 1.54) is 31.4 Å². The molecule has 5 rings (SSSR count). The van der Waals surface area contributed by atoms with Gasteiger partial charge in [-0.05, 0) is 102 Å². The van der Waals surface area contributed by atoms with Crippen molar-refractivity contribution in [2.75, 3.05) is 38.1 Å². The molecule has 1 amide bonds. The second-order valence-electron chi connectivity index (χ2n) is 13.5. The lowest BCUT2D eigenvalue weighted by molar-refractivity contribution is -0.114. The van der Waals surface area contributed by atoms with Gasteiger partial charge in [-0.3, -0.25) is 9.78 Å². The maximum Gasteiger partial charge on any atom is 0.215 e. The van der Waals surface area contributed by atoms with Crippen molar-refractivity contribution in [2.24, 2.45) is 4.99 Å². The third-order valence-corrected chi connectivity index (χ3v) is 9.77. The van der Waals surface area contributed by atoms with Gasteiger partial charge in [0.15, 0.2) is 0 Å². The molecule has 1 saturated carbocycles. The first-order valence-electron chi connectivity index (χ1n) is 17.5. The SMILES string of the molecule is CC1CNCC(C)N1.CCCCC(=Nc1ccc(NCCC2(c3ccccn3)CCOC3(CCCC3)C2)cc1C)N(C=O)CC. The number of carbonyl (C=O) groups excluding carboxylic acids is 1. The van der Waals surface area contributed by atoms with Gasteiger partial charge in [-0.1, -0.05) is 32.3 Å². The molecule has 2 aromatic rings. The van der Waals surface area contributed by atoms with Crippen molar-refractivity contribution < 1.29 is 9.53 Å². The van der Waals surface area contributed by atoms with Crippen LogP contribution in [-0.2, 0) is 14.9 Å². The third kappa shape index (κ3) is 9.84. The van der Waals surface area contributed by atoms with Gasteiger partial charge in [0, 0.05) is 74.3 Å². The van der Waals surface area contributed by atoms with Gasteiger partial charge >= 0.3 is 0 Å². The van der Waals surface area contributed by atoms with Gasteiger partial charge in [0.05, 0.1) is 11.3 Å². The monoisotopic (exact) mass is 618 g/mol. The Bertz CT molecular complexity index is 1210. The molecule has 45 heavy (non-hydrogen) atoms. The van der Waals surface area contributed by atoms with E-state index in [1.807, 2.05) is 19.2 Å². The minimum absolute atomic E-state index is 0.0371. The number of aliphatic imine (C=N–C) groups is 1. The number of hydrogen-bond acceptors (Lipinski definition) is 7. The predicted octanol–water partition coefficient (Wildman–Crippen LogP) is 6.91. The fourth-order valence-corrected chi connectivity index (χ4v) is 7.31. The van der Waals surface area contributed by atoms with Crippen LogP contribution >= 0.6 is 0 Å². The lowest BCUT2D eigenvalue weighted by Crippen LogP contribution is -2.52. The van der Waals surface area contributed by atoms with Gasteiger partial charge in [-0.15, -0.1) is 0 Å². The van der Waals surface area contributed by atoms with E-state index in [4.69, 9.17) is 14.7 Å². The van der Waals surface area contributed by atoms with Gasteiger partial charge in [0.1, 0.15) is 5.84 Å². The normalized spacial score (nSPS) is 24.5. The number of amides is 1. The van der Waals surface area contributed by atoms with Gasteiger partial charge < -0.3 is 25.6 Å². The number of carbonyl (C=O) groups is 1. The number of ether oxygens (including phenoxy) is 1. The van der Waals surface area contributed by atoms with Crippen LogP contribution in [0.2, 0.25) is 0 Å². The average Bonchev–Trinajstić information content (AvgIpc) is 3.49. The van der Waals surface area contributed by atoms with Crippen molar-refractivity contribution in [1.82, 2.24) is 20.5 Å². The Kier molecular flexibility index (Phi) is 13.4. The summed E-state index contributed by atoms with van der Waals surface area (Å²) in [6, 6.07) is 14.0. The molecule has 8 heteroatoms. The van der Waals surface area contributed by atoms with Gasteiger partial charge in [0.2, 0.25) is 6.41 Å². The maximum absolute atomic E-state index is 11.6. The molecule has 8 nitrogen and oxygen atoms in total. The van der Waals surface area contributed by atoms with Crippen LogP contribution in [0.25, 0.3) is 0 Å². The molecule has 3 N–H and O–H groups in total. The first-order chi connectivity index (χ1) is 21.8. The molecule has 248 valence electrons. The molecule has 3 unspecified atom stereocenters. The lowest BCUT2D eigenvalue weighted by Gasteiger charge is -2.46. The highest BCUT2D eigenvalue weighted by Gasteiger charge is 2.48. The first-order valence-corrected chi connectivity index (χ1v) is 17.5. The first kappa shape index (κ1) is 35.1. The van der Waals surface area contributed by atoms with Crippen molar-refractivity contribution >= 4 is 23.6 Å². The summed E-state index contributed by atoms with van der Waals surface area (Å²) in [4.78, 5) is 23.0. The number of aryl methyl sites for hydroxylation is 1. The summed E-state index contributed by atoms with van der Waals surface area (Å²) in [5, 5.41) is 10.4. The second-order valence-corrected chi connectivity index (χ2v) is 13.5. The number of piperazine rings is 1. The Labute approximate surface area is 272 Å². The Hall–Kier alpha value is -2.81. The standard InChI is InChI=1S/C31H44N4O2.C6H14N2/c1-4-6-12-29(35(5-2)24-36)34-27-14-13-26(22-25(27)3)32-20-17-30(28-11-7-10-19-33-28)18-21-37-31(23-30)15-8-9-16-31;1-5-3-7-4-6(2)8-5/h7,10-11,13-14,19,22,24,32H,4-6,8-9,12,15-18,20-21,23H2,1-3H3;5-8H,3-4H2,1-2H3. The van der Waals surface area contributed by atoms with Crippen LogP contribution < -0.4 is 16.0 Å². The maximum atomic E-state index is 11.6. The predicted molar refractivity (Wildman–Crippen MR) is 187 cm³/mol. The van der Waals surface area contributed by atoms with Crippen LogP contribution in [0.3, 0.4) is 0 Å². The highest BCUT2D eigenvalue weighted by atomic mass is 16.5. The largest absolute Gasteiger partial charge is 0.385 e. The van der Waals surface area contributed by atoms with Crippen molar-refractivity contribution in [3.63, 3.8) is 0 Å². The molecular weight excluding hydrogens is 560 g/mol.